The molecule has 3 rings (SSSR count). The molecule has 0 aliphatic heterocycles. The van der Waals surface area contributed by atoms with Crippen molar-refractivity contribution < 1.29 is 9.32 Å². The number of amides is 1. The number of carbonyl (C=O) groups excluding carboxylic acids is 1. The molecule has 2 heterocycles. The zero-order chi connectivity index (χ0) is 16.9. The summed E-state index contributed by atoms with van der Waals surface area (Å²) >= 11 is 5.93. The summed E-state index contributed by atoms with van der Waals surface area (Å²) in [6.45, 7) is 0.329. The maximum absolute atomic E-state index is 11.9. The molecule has 7 nitrogen and oxygen atoms in total. The van der Waals surface area contributed by atoms with Crippen molar-refractivity contribution in [1.29, 1.82) is 0 Å². The summed E-state index contributed by atoms with van der Waals surface area (Å²) in [6, 6.07) is 9.89. The Kier molecular flexibility index (Phi) is 4.72. The SMILES string of the molecule is O=C(NCCc1nc(-c2cccc(Cl)c2)no1)c1ccc(=O)[nH]c1. The van der Waals surface area contributed by atoms with Crippen molar-refractivity contribution in [2.24, 2.45) is 0 Å². The maximum Gasteiger partial charge on any atom is 0.252 e. The minimum atomic E-state index is -0.291. The number of pyridine rings is 1. The van der Waals surface area contributed by atoms with Crippen LogP contribution >= 0.6 is 11.6 Å². The molecule has 0 saturated carbocycles. The first kappa shape index (κ1) is 15.9. The van der Waals surface area contributed by atoms with Crippen LogP contribution in [0.2, 0.25) is 5.02 Å². The van der Waals surface area contributed by atoms with E-state index in [2.05, 4.69) is 20.4 Å². The van der Waals surface area contributed by atoms with E-state index >= 15 is 0 Å². The molecule has 0 bridgehead atoms. The molecule has 0 aliphatic rings. The number of H-pyrrole nitrogens is 1. The number of nitrogens with zero attached hydrogens (tertiary/aromatic N) is 2. The number of carbonyl (C=O) groups is 1. The summed E-state index contributed by atoms with van der Waals surface area (Å²) < 4.78 is 5.16. The van der Waals surface area contributed by atoms with Crippen LogP contribution < -0.4 is 10.9 Å². The van der Waals surface area contributed by atoms with Crippen molar-refractivity contribution in [3.8, 4) is 11.4 Å². The van der Waals surface area contributed by atoms with E-state index in [-0.39, 0.29) is 11.5 Å². The van der Waals surface area contributed by atoms with Crippen molar-refractivity contribution in [3.63, 3.8) is 0 Å². The quantitative estimate of drug-likeness (QED) is 0.737. The van der Waals surface area contributed by atoms with Crippen LogP contribution in [0.4, 0.5) is 0 Å². The summed E-state index contributed by atoms with van der Waals surface area (Å²) in [5, 5.41) is 7.20. The Bertz CT molecular complexity index is 899. The minimum Gasteiger partial charge on any atom is -0.351 e. The topological polar surface area (TPSA) is 101 Å². The molecular weight excluding hydrogens is 332 g/mol. The molecule has 1 amide bonds. The van der Waals surface area contributed by atoms with Crippen LogP contribution in [0.15, 0.2) is 51.9 Å². The van der Waals surface area contributed by atoms with E-state index in [1.54, 1.807) is 18.2 Å². The minimum absolute atomic E-state index is 0.258. The molecule has 122 valence electrons. The van der Waals surface area contributed by atoms with E-state index in [1.807, 2.05) is 6.07 Å². The molecule has 0 atom stereocenters. The van der Waals surface area contributed by atoms with Crippen LogP contribution in [0.5, 0.6) is 0 Å². The number of benzene rings is 1. The Morgan fingerprint density at radius 2 is 2.17 bits per heavy atom. The fraction of sp³-hybridized carbons (Fsp3) is 0.125. The molecule has 0 spiro atoms. The second-order valence-corrected chi connectivity index (χ2v) is 5.41. The van der Waals surface area contributed by atoms with E-state index in [9.17, 15) is 9.59 Å². The molecule has 0 radical (unpaired) electrons. The fourth-order valence-electron chi connectivity index (χ4n) is 2.04. The largest absolute Gasteiger partial charge is 0.351 e. The van der Waals surface area contributed by atoms with Gasteiger partial charge < -0.3 is 14.8 Å². The van der Waals surface area contributed by atoms with Crippen LogP contribution in [0.3, 0.4) is 0 Å². The number of nitrogens with one attached hydrogen (secondary N) is 2. The van der Waals surface area contributed by atoms with Crippen LogP contribution in [0, 0.1) is 0 Å². The lowest BCUT2D eigenvalue weighted by Crippen LogP contribution is -2.26. The van der Waals surface area contributed by atoms with Gasteiger partial charge in [-0.25, -0.2) is 0 Å². The Morgan fingerprint density at radius 1 is 1.29 bits per heavy atom. The van der Waals surface area contributed by atoms with E-state index in [4.69, 9.17) is 16.1 Å². The highest BCUT2D eigenvalue weighted by molar-refractivity contribution is 6.30. The summed E-state index contributed by atoms with van der Waals surface area (Å²) in [5.41, 5.74) is 0.875. The summed E-state index contributed by atoms with van der Waals surface area (Å²) in [5.74, 6) is 0.562. The molecule has 24 heavy (non-hydrogen) atoms. The average Bonchev–Trinajstić information content (AvgIpc) is 3.04. The lowest BCUT2D eigenvalue weighted by molar-refractivity contribution is 0.0953. The van der Waals surface area contributed by atoms with Crippen molar-refractivity contribution in [2.45, 2.75) is 6.42 Å². The number of halogens is 1. The van der Waals surface area contributed by atoms with Gasteiger partial charge in [0.2, 0.25) is 17.3 Å². The van der Waals surface area contributed by atoms with E-state index in [0.717, 1.165) is 5.56 Å². The molecule has 0 saturated heterocycles. The first-order valence-electron chi connectivity index (χ1n) is 7.17. The number of aromatic amines is 1. The van der Waals surface area contributed by atoms with Crippen molar-refractivity contribution >= 4 is 17.5 Å². The van der Waals surface area contributed by atoms with E-state index in [1.165, 1.54) is 18.3 Å². The van der Waals surface area contributed by atoms with Gasteiger partial charge in [-0.2, -0.15) is 4.98 Å². The second kappa shape index (κ2) is 7.10. The Morgan fingerprint density at radius 3 is 2.92 bits per heavy atom. The molecule has 8 heteroatoms. The van der Waals surface area contributed by atoms with Crippen LogP contribution in [-0.4, -0.2) is 27.6 Å². The second-order valence-electron chi connectivity index (χ2n) is 4.97. The molecule has 2 aromatic heterocycles. The highest BCUT2D eigenvalue weighted by atomic mass is 35.5. The van der Waals surface area contributed by atoms with Crippen LogP contribution in [-0.2, 0) is 6.42 Å². The highest BCUT2D eigenvalue weighted by Gasteiger charge is 2.10. The number of hydrogen-bond donors (Lipinski definition) is 2. The van der Waals surface area contributed by atoms with Crippen LogP contribution in [0.25, 0.3) is 11.4 Å². The molecular formula is C16H13ClN4O3. The van der Waals surface area contributed by atoms with E-state index < -0.39 is 0 Å². The van der Waals surface area contributed by atoms with Crippen molar-refractivity contribution in [1.82, 2.24) is 20.4 Å². The van der Waals surface area contributed by atoms with Gasteiger partial charge in [-0.05, 0) is 18.2 Å². The number of hydrogen-bond acceptors (Lipinski definition) is 5. The normalized spacial score (nSPS) is 10.5. The first-order chi connectivity index (χ1) is 11.6. The molecule has 0 aliphatic carbocycles. The van der Waals surface area contributed by atoms with Crippen molar-refractivity contribution in [3.05, 3.63) is 69.4 Å². The summed E-state index contributed by atoms with van der Waals surface area (Å²) in [7, 11) is 0. The van der Waals surface area contributed by atoms with Crippen molar-refractivity contribution in [2.75, 3.05) is 6.54 Å². The molecule has 1 aromatic carbocycles. The van der Waals surface area contributed by atoms with E-state index in [0.29, 0.717) is 35.3 Å². The third-order valence-electron chi connectivity index (χ3n) is 3.22. The van der Waals surface area contributed by atoms with Gasteiger partial charge in [-0.15, -0.1) is 0 Å². The van der Waals surface area contributed by atoms with Gasteiger partial charge >= 0.3 is 0 Å². The number of aromatic nitrogens is 3. The fourth-order valence-corrected chi connectivity index (χ4v) is 2.23. The average molecular weight is 345 g/mol. The smallest absolute Gasteiger partial charge is 0.252 e. The zero-order valence-electron chi connectivity index (χ0n) is 12.5. The monoisotopic (exact) mass is 344 g/mol. The predicted octanol–water partition coefficient (Wildman–Crippen LogP) is 2.05. The molecule has 2 N–H and O–H groups in total. The predicted molar refractivity (Wildman–Crippen MR) is 87.8 cm³/mol. The summed E-state index contributed by atoms with van der Waals surface area (Å²) in [4.78, 5) is 29.6. The first-order valence-corrected chi connectivity index (χ1v) is 7.55. The Hall–Kier alpha value is -2.93. The van der Waals surface area contributed by atoms with Gasteiger partial charge in [0.15, 0.2) is 0 Å². The standard InChI is InChI=1S/C16H13ClN4O3/c17-12-3-1-2-10(8-12)15-20-14(24-21-15)6-7-18-16(23)11-4-5-13(22)19-9-11/h1-5,8-9H,6-7H2,(H,18,23)(H,19,22). The van der Waals surface area contributed by atoms with Gasteiger partial charge in [-0.1, -0.05) is 28.9 Å². The Labute approximate surface area is 141 Å². The maximum atomic E-state index is 11.9. The number of rotatable bonds is 5. The molecule has 0 unspecified atom stereocenters. The molecule has 3 aromatic rings. The lowest BCUT2D eigenvalue weighted by Gasteiger charge is -2.02. The highest BCUT2D eigenvalue weighted by Crippen LogP contribution is 2.19. The van der Waals surface area contributed by atoms with Gasteiger partial charge in [0.05, 0.1) is 5.56 Å². The Balaban J connectivity index is 1.57. The van der Waals surface area contributed by atoms with Gasteiger partial charge in [0.25, 0.3) is 5.91 Å². The zero-order valence-corrected chi connectivity index (χ0v) is 13.2. The summed E-state index contributed by atoms with van der Waals surface area (Å²) in [6.07, 6.45) is 1.75. The third kappa shape index (κ3) is 3.88. The molecule has 0 fully saturated rings. The van der Waals surface area contributed by atoms with Gasteiger partial charge in [0, 0.05) is 35.8 Å². The van der Waals surface area contributed by atoms with Crippen LogP contribution in [0.1, 0.15) is 16.2 Å². The lowest BCUT2D eigenvalue weighted by atomic mass is 10.2. The third-order valence-corrected chi connectivity index (χ3v) is 3.46. The van der Waals surface area contributed by atoms with Gasteiger partial charge in [-0.3, -0.25) is 9.59 Å². The van der Waals surface area contributed by atoms with Gasteiger partial charge in [0.1, 0.15) is 0 Å².